The molecule has 0 saturated heterocycles. The van der Waals surface area contributed by atoms with E-state index in [0.717, 1.165) is 11.8 Å². The number of alkyl halides is 1. The van der Waals surface area contributed by atoms with Crippen LogP contribution in [0, 0.1) is 5.41 Å². The van der Waals surface area contributed by atoms with E-state index in [4.69, 9.17) is 14.9 Å². The quantitative estimate of drug-likeness (QED) is 0.283. The largest absolute Gasteiger partial charge is 0.494 e. The van der Waals surface area contributed by atoms with E-state index in [9.17, 15) is 9.18 Å². The Morgan fingerprint density at radius 2 is 1.92 bits per heavy atom. The van der Waals surface area contributed by atoms with E-state index in [1.54, 1.807) is 12.1 Å². The third kappa shape index (κ3) is 7.68. The van der Waals surface area contributed by atoms with Crippen LogP contribution in [0.5, 0.6) is 5.75 Å². The molecule has 5 nitrogen and oxygen atoms in total. The average molecular weight is 364 g/mol. The van der Waals surface area contributed by atoms with Crippen molar-refractivity contribution in [1.82, 2.24) is 5.32 Å². The summed E-state index contributed by atoms with van der Waals surface area (Å²) in [6, 6.07) is 7.26. The van der Waals surface area contributed by atoms with E-state index in [1.807, 2.05) is 39.8 Å². The first-order valence-electron chi connectivity index (χ1n) is 8.77. The number of rotatable bonds is 10. The van der Waals surface area contributed by atoms with Crippen molar-refractivity contribution < 1.29 is 18.7 Å². The van der Waals surface area contributed by atoms with E-state index in [2.05, 4.69) is 5.32 Å². The molecule has 26 heavy (non-hydrogen) atoms. The minimum Gasteiger partial charge on any atom is -0.494 e. The van der Waals surface area contributed by atoms with Gasteiger partial charge in [0.25, 0.3) is 5.91 Å². The number of hydrogen-bond acceptors (Lipinski definition) is 4. The summed E-state index contributed by atoms with van der Waals surface area (Å²) in [7, 11) is 0. The van der Waals surface area contributed by atoms with Gasteiger partial charge in [0.1, 0.15) is 18.1 Å². The van der Waals surface area contributed by atoms with Gasteiger partial charge in [0.2, 0.25) is 0 Å². The molecular formula is C20H29FN2O3. The Bertz CT molecular complexity index is 619. The van der Waals surface area contributed by atoms with E-state index in [-0.39, 0.29) is 23.8 Å². The van der Waals surface area contributed by atoms with Crippen LogP contribution in [0.4, 0.5) is 4.39 Å². The number of carbonyl (C=O) groups is 1. The lowest BCUT2D eigenvalue weighted by Crippen LogP contribution is -2.41. The highest BCUT2D eigenvalue weighted by molar-refractivity contribution is 5.98. The highest BCUT2D eigenvalue weighted by Crippen LogP contribution is 2.16. The summed E-state index contributed by atoms with van der Waals surface area (Å²) < 4.78 is 23.2. The molecular weight excluding hydrogens is 335 g/mol. The first-order valence-corrected chi connectivity index (χ1v) is 8.77. The van der Waals surface area contributed by atoms with Gasteiger partial charge in [-0.1, -0.05) is 19.1 Å². The lowest BCUT2D eigenvalue weighted by Gasteiger charge is -2.22. The first kappa shape index (κ1) is 21.7. The number of ether oxygens (including phenoxy) is 2. The summed E-state index contributed by atoms with van der Waals surface area (Å²) in [5, 5.41) is 10.5. The SMILES string of the molecule is CC/C(C(=O)NC(C)(C)C)=C(/C=N)OCc1ccc(OCCCF)cc1. The Kier molecular flexibility index (Phi) is 8.82. The fraction of sp³-hybridized carbons (Fsp3) is 0.500. The molecule has 0 atom stereocenters. The van der Waals surface area contributed by atoms with Gasteiger partial charge in [-0.05, 0) is 44.9 Å². The minimum atomic E-state index is -0.396. The van der Waals surface area contributed by atoms with Gasteiger partial charge in [-0.25, -0.2) is 0 Å². The van der Waals surface area contributed by atoms with Crippen LogP contribution in [0.3, 0.4) is 0 Å². The van der Waals surface area contributed by atoms with Crippen LogP contribution >= 0.6 is 0 Å². The normalized spacial score (nSPS) is 12.2. The van der Waals surface area contributed by atoms with Gasteiger partial charge in [-0.3, -0.25) is 9.18 Å². The summed E-state index contributed by atoms with van der Waals surface area (Å²) in [5.41, 5.74) is 0.970. The van der Waals surface area contributed by atoms with Crippen LogP contribution in [-0.2, 0) is 16.1 Å². The van der Waals surface area contributed by atoms with Gasteiger partial charge in [-0.2, -0.15) is 0 Å². The van der Waals surface area contributed by atoms with Gasteiger partial charge >= 0.3 is 0 Å². The molecule has 144 valence electrons. The minimum absolute atomic E-state index is 0.227. The van der Waals surface area contributed by atoms with Crippen LogP contribution in [0.15, 0.2) is 35.6 Å². The molecule has 6 heteroatoms. The second-order valence-corrected chi connectivity index (χ2v) is 6.87. The Balaban J connectivity index is 2.74. The molecule has 1 amide bonds. The fourth-order valence-corrected chi connectivity index (χ4v) is 2.17. The van der Waals surface area contributed by atoms with Gasteiger partial charge in [-0.15, -0.1) is 0 Å². The molecule has 0 aliphatic carbocycles. The Hall–Kier alpha value is -2.37. The van der Waals surface area contributed by atoms with Crippen LogP contribution in [0.2, 0.25) is 0 Å². The maximum atomic E-state index is 12.4. The predicted octanol–water partition coefficient (Wildman–Crippen LogP) is 4.17. The molecule has 0 aromatic heterocycles. The van der Waals surface area contributed by atoms with Crippen molar-refractivity contribution in [3.63, 3.8) is 0 Å². The molecule has 0 spiro atoms. The number of carbonyl (C=O) groups excluding carboxylic acids is 1. The van der Waals surface area contributed by atoms with E-state index < -0.39 is 6.67 Å². The third-order valence-electron chi connectivity index (χ3n) is 3.41. The Labute approximate surface area is 155 Å². The van der Waals surface area contributed by atoms with E-state index >= 15 is 0 Å². The Morgan fingerprint density at radius 1 is 1.27 bits per heavy atom. The van der Waals surface area contributed by atoms with Crippen LogP contribution in [0.25, 0.3) is 0 Å². The zero-order valence-electron chi connectivity index (χ0n) is 16.0. The fourth-order valence-electron chi connectivity index (χ4n) is 2.17. The summed E-state index contributed by atoms with van der Waals surface area (Å²) in [6.45, 7) is 7.75. The molecule has 0 radical (unpaired) electrons. The lowest BCUT2D eigenvalue weighted by molar-refractivity contribution is -0.119. The molecule has 0 fully saturated rings. The molecule has 0 aliphatic heterocycles. The van der Waals surface area contributed by atoms with Crippen LogP contribution < -0.4 is 10.1 Å². The maximum Gasteiger partial charge on any atom is 0.251 e. The molecule has 0 aliphatic rings. The van der Waals surface area contributed by atoms with Gasteiger partial charge in [0, 0.05) is 12.0 Å². The monoisotopic (exact) mass is 364 g/mol. The first-order chi connectivity index (χ1) is 12.3. The number of amides is 1. The number of allylic oxidation sites excluding steroid dienone is 1. The van der Waals surface area contributed by atoms with Crippen molar-refractivity contribution >= 4 is 12.1 Å². The summed E-state index contributed by atoms with van der Waals surface area (Å²) in [6.07, 6.45) is 1.90. The molecule has 1 aromatic carbocycles. The second kappa shape index (κ2) is 10.6. The van der Waals surface area contributed by atoms with E-state index in [1.165, 1.54) is 0 Å². The molecule has 1 rings (SSSR count). The third-order valence-corrected chi connectivity index (χ3v) is 3.41. The molecule has 0 bridgehead atoms. The topological polar surface area (TPSA) is 71.4 Å². The zero-order chi connectivity index (χ0) is 19.6. The van der Waals surface area contributed by atoms with Crippen molar-refractivity contribution in [2.75, 3.05) is 13.3 Å². The van der Waals surface area contributed by atoms with Crippen LogP contribution in [0.1, 0.15) is 46.1 Å². The highest BCUT2D eigenvalue weighted by atomic mass is 19.1. The average Bonchev–Trinajstić information content (AvgIpc) is 2.58. The van der Waals surface area contributed by atoms with Crippen molar-refractivity contribution in [3.8, 4) is 5.75 Å². The van der Waals surface area contributed by atoms with Gasteiger partial charge in [0.05, 0.1) is 25.1 Å². The lowest BCUT2D eigenvalue weighted by atomic mass is 10.1. The highest BCUT2D eigenvalue weighted by Gasteiger charge is 2.19. The molecule has 0 heterocycles. The van der Waals surface area contributed by atoms with Gasteiger partial charge in [0.15, 0.2) is 0 Å². The molecule has 2 N–H and O–H groups in total. The Morgan fingerprint density at radius 3 is 2.42 bits per heavy atom. The number of hydrogen-bond donors (Lipinski definition) is 2. The van der Waals surface area contributed by atoms with Crippen molar-refractivity contribution in [3.05, 3.63) is 41.2 Å². The molecule has 0 unspecified atom stereocenters. The number of nitrogens with one attached hydrogen (secondary N) is 2. The molecule has 0 saturated carbocycles. The second-order valence-electron chi connectivity index (χ2n) is 6.87. The van der Waals surface area contributed by atoms with Gasteiger partial charge < -0.3 is 20.2 Å². The predicted molar refractivity (Wildman–Crippen MR) is 101 cm³/mol. The summed E-state index contributed by atoms with van der Waals surface area (Å²) in [5.74, 6) is 0.705. The van der Waals surface area contributed by atoms with Crippen molar-refractivity contribution in [2.45, 2.75) is 52.7 Å². The van der Waals surface area contributed by atoms with Crippen LogP contribution in [-0.4, -0.2) is 30.9 Å². The molecule has 1 aromatic rings. The smallest absolute Gasteiger partial charge is 0.251 e. The number of halogens is 1. The van der Waals surface area contributed by atoms with E-state index in [0.29, 0.717) is 30.8 Å². The summed E-state index contributed by atoms with van der Waals surface area (Å²) >= 11 is 0. The van der Waals surface area contributed by atoms with Crippen molar-refractivity contribution in [1.29, 1.82) is 5.41 Å². The standard InChI is InChI=1S/C20H29FN2O3/c1-5-17(19(24)23-20(2,3)4)18(13-22)26-14-15-7-9-16(10-8-15)25-12-6-11-21/h7-10,13,22H,5-6,11-12,14H2,1-4H3,(H,23,24)/b18-17+,22-13?. The maximum absolute atomic E-state index is 12.4. The zero-order valence-corrected chi connectivity index (χ0v) is 16.0. The van der Waals surface area contributed by atoms with Crippen molar-refractivity contribution in [2.24, 2.45) is 0 Å². The summed E-state index contributed by atoms with van der Waals surface area (Å²) in [4.78, 5) is 12.4. The number of benzene rings is 1.